The van der Waals surface area contributed by atoms with Crippen LogP contribution in [-0.4, -0.2) is 4.98 Å². The molecule has 3 rings (SSSR count). The molecular formula is C16H12FNO. The molecule has 1 heterocycles. The zero-order valence-electron chi connectivity index (χ0n) is 10.2. The summed E-state index contributed by atoms with van der Waals surface area (Å²) < 4.78 is 13.2. The van der Waals surface area contributed by atoms with Crippen molar-refractivity contribution in [3.05, 3.63) is 82.0 Å². The average molecular weight is 253 g/mol. The van der Waals surface area contributed by atoms with Crippen molar-refractivity contribution in [1.29, 1.82) is 0 Å². The summed E-state index contributed by atoms with van der Waals surface area (Å²) in [6, 6.07) is 14.0. The van der Waals surface area contributed by atoms with Gasteiger partial charge in [0, 0.05) is 11.6 Å². The molecule has 0 spiro atoms. The normalized spacial score (nSPS) is 10.8. The molecule has 0 bridgehead atoms. The van der Waals surface area contributed by atoms with Crippen molar-refractivity contribution < 1.29 is 4.39 Å². The van der Waals surface area contributed by atoms with Crippen LogP contribution in [0.1, 0.15) is 11.1 Å². The fraction of sp³-hybridized carbons (Fsp3) is 0.0625. The predicted molar refractivity (Wildman–Crippen MR) is 73.8 cm³/mol. The lowest BCUT2D eigenvalue weighted by Gasteiger charge is -2.06. The Labute approximate surface area is 109 Å². The van der Waals surface area contributed by atoms with Crippen molar-refractivity contribution in [2.45, 2.75) is 6.42 Å². The van der Waals surface area contributed by atoms with Gasteiger partial charge in [0.05, 0.1) is 0 Å². The van der Waals surface area contributed by atoms with Gasteiger partial charge in [-0.15, -0.1) is 0 Å². The fourth-order valence-electron chi connectivity index (χ4n) is 2.28. The molecule has 0 fully saturated rings. The third-order valence-electron chi connectivity index (χ3n) is 3.18. The first-order valence-corrected chi connectivity index (χ1v) is 6.08. The van der Waals surface area contributed by atoms with E-state index in [1.165, 1.54) is 12.1 Å². The molecule has 1 aromatic heterocycles. The summed E-state index contributed by atoms with van der Waals surface area (Å²) in [7, 11) is 0. The predicted octanol–water partition coefficient (Wildman–Crippen LogP) is 3.26. The molecule has 1 N–H and O–H groups in total. The molecule has 2 nitrogen and oxygen atoms in total. The highest BCUT2D eigenvalue weighted by molar-refractivity contribution is 5.84. The van der Waals surface area contributed by atoms with Crippen molar-refractivity contribution in [2.24, 2.45) is 0 Å². The highest BCUT2D eigenvalue weighted by Crippen LogP contribution is 2.18. The fourth-order valence-corrected chi connectivity index (χ4v) is 2.28. The molecule has 0 aliphatic carbocycles. The highest BCUT2D eigenvalue weighted by atomic mass is 19.1. The van der Waals surface area contributed by atoms with Crippen LogP contribution in [0.2, 0.25) is 0 Å². The molecule has 0 amide bonds. The van der Waals surface area contributed by atoms with Crippen LogP contribution in [0.4, 0.5) is 4.39 Å². The molecule has 2 aromatic carbocycles. The Hall–Kier alpha value is -2.42. The topological polar surface area (TPSA) is 32.9 Å². The third-order valence-corrected chi connectivity index (χ3v) is 3.18. The number of H-pyrrole nitrogens is 1. The smallest absolute Gasteiger partial charge is 0.255 e. The Kier molecular flexibility index (Phi) is 2.88. The van der Waals surface area contributed by atoms with Gasteiger partial charge in [0.25, 0.3) is 5.56 Å². The number of benzene rings is 2. The number of pyridine rings is 1. The van der Waals surface area contributed by atoms with Crippen LogP contribution in [0.25, 0.3) is 10.8 Å². The molecule has 0 saturated carbocycles. The van der Waals surface area contributed by atoms with E-state index >= 15 is 0 Å². The highest BCUT2D eigenvalue weighted by Gasteiger charge is 2.05. The number of halogens is 1. The summed E-state index contributed by atoms with van der Waals surface area (Å²) in [6.07, 6.45) is 2.30. The first kappa shape index (κ1) is 11.7. The van der Waals surface area contributed by atoms with Gasteiger partial charge >= 0.3 is 0 Å². The number of nitrogens with one attached hydrogen (secondary N) is 1. The second kappa shape index (κ2) is 4.69. The van der Waals surface area contributed by atoms with E-state index in [4.69, 9.17) is 0 Å². The number of hydrogen-bond donors (Lipinski definition) is 1. The van der Waals surface area contributed by atoms with Crippen LogP contribution in [0, 0.1) is 5.82 Å². The van der Waals surface area contributed by atoms with Gasteiger partial charge in [-0.2, -0.15) is 0 Å². The standard InChI is InChI=1S/C16H12FNO/c17-13-5-3-4-11(9-13)8-12-10-18-16(19)15-7-2-1-6-14(12)15/h1-7,9-10H,8H2,(H,18,19). The van der Waals surface area contributed by atoms with Crippen LogP contribution in [0.3, 0.4) is 0 Å². The minimum absolute atomic E-state index is 0.0985. The van der Waals surface area contributed by atoms with Crippen molar-refractivity contribution in [3.63, 3.8) is 0 Å². The van der Waals surface area contributed by atoms with Gasteiger partial charge in [-0.1, -0.05) is 30.3 Å². The Morgan fingerprint density at radius 2 is 1.79 bits per heavy atom. The van der Waals surface area contributed by atoms with Crippen molar-refractivity contribution >= 4 is 10.8 Å². The molecular weight excluding hydrogens is 241 g/mol. The number of rotatable bonds is 2. The van der Waals surface area contributed by atoms with Crippen molar-refractivity contribution in [2.75, 3.05) is 0 Å². The summed E-state index contributed by atoms with van der Waals surface area (Å²) >= 11 is 0. The van der Waals surface area contributed by atoms with E-state index in [1.807, 2.05) is 24.3 Å². The minimum Gasteiger partial charge on any atom is -0.328 e. The number of aromatic amines is 1. The van der Waals surface area contributed by atoms with E-state index < -0.39 is 0 Å². The van der Waals surface area contributed by atoms with Gasteiger partial charge in [-0.25, -0.2) is 4.39 Å². The average Bonchev–Trinajstić information content (AvgIpc) is 2.42. The van der Waals surface area contributed by atoms with Crippen molar-refractivity contribution in [1.82, 2.24) is 4.98 Å². The first-order chi connectivity index (χ1) is 9.24. The maximum absolute atomic E-state index is 13.2. The van der Waals surface area contributed by atoms with E-state index in [0.29, 0.717) is 11.8 Å². The van der Waals surface area contributed by atoms with E-state index in [9.17, 15) is 9.18 Å². The minimum atomic E-state index is -0.244. The first-order valence-electron chi connectivity index (χ1n) is 6.08. The van der Waals surface area contributed by atoms with Gasteiger partial charge in [0.2, 0.25) is 0 Å². The van der Waals surface area contributed by atoms with E-state index in [1.54, 1.807) is 18.3 Å². The van der Waals surface area contributed by atoms with Gasteiger partial charge < -0.3 is 4.98 Å². The van der Waals surface area contributed by atoms with Gasteiger partial charge in [-0.3, -0.25) is 4.79 Å². The van der Waals surface area contributed by atoms with Crippen LogP contribution in [-0.2, 0) is 6.42 Å². The Bertz CT molecular complexity index is 792. The van der Waals surface area contributed by atoms with Gasteiger partial charge in [0.1, 0.15) is 5.82 Å². The zero-order valence-corrected chi connectivity index (χ0v) is 10.2. The maximum Gasteiger partial charge on any atom is 0.255 e. The lowest BCUT2D eigenvalue weighted by molar-refractivity contribution is 0.626. The SMILES string of the molecule is O=c1[nH]cc(Cc2cccc(F)c2)c2ccccc12. The largest absolute Gasteiger partial charge is 0.328 e. The molecule has 19 heavy (non-hydrogen) atoms. The molecule has 0 aliphatic heterocycles. The van der Waals surface area contributed by atoms with Crippen LogP contribution in [0.5, 0.6) is 0 Å². The molecule has 0 radical (unpaired) electrons. The van der Waals surface area contributed by atoms with E-state index in [-0.39, 0.29) is 11.4 Å². The Morgan fingerprint density at radius 3 is 2.58 bits per heavy atom. The Balaban J connectivity index is 2.11. The quantitative estimate of drug-likeness (QED) is 0.747. The van der Waals surface area contributed by atoms with Gasteiger partial charge in [-0.05, 0) is 41.1 Å². The molecule has 0 saturated heterocycles. The van der Waals surface area contributed by atoms with E-state index in [2.05, 4.69) is 4.98 Å². The summed E-state index contributed by atoms with van der Waals surface area (Å²) in [5, 5.41) is 1.58. The van der Waals surface area contributed by atoms with Crippen LogP contribution in [0.15, 0.2) is 59.5 Å². The zero-order chi connectivity index (χ0) is 13.2. The molecule has 0 aliphatic rings. The summed E-state index contributed by atoms with van der Waals surface area (Å²) in [5.41, 5.74) is 1.77. The maximum atomic E-state index is 13.2. The summed E-state index contributed by atoms with van der Waals surface area (Å²) in [5.74, 6) is -0.244. The molecule has 0 atom stereocenters. The second-order valence-corrected chi connectivity index (χ2v) is 4.50. The number of hydrogen-bond acceptors (Lipinski definition) is 1. The monoisotopic (exact) mass is 253 g/mol. The molecule has 3 heteroatoms. The Morgan fingerprint density at radius 1 is 1.00 bits per heavy atom. The lowest BCUT2D eigenvalue weighted by atomic mass is 10.0. The van der Waals surface area contributed by atoms with Crippen LogP contribution >= 0.6 is 0 Å². The lowest BCUT2D eigenvalue weighted by Crippen LogP contribution is -2.07. The number of fused-ring (bicyclic) bond motifs is 1. The van der Waals surface area contributed by atoms with E-state index in [0.717, 1.165) is 16.5 Å². The molecule has 0 unspecified atom stereocenters. The van der Waals surface area contributed by atoms with Crippen molar-refractivity contribution in [3.8, 4) is 0 Å². The second-order valence-electron chi connectivity index (χ2n) is 4.50. The van der Waals surface area contributed by atoms with Gasteiger partial charge in [0.15, 0.2) is 0 Å². The third kappa shape index (κ3) is 2.27. The van der Waals surface area contributed by atoms with Crippen LogP contribution < -0.4 is 5.56 Å². The summed E-state index contributed by atoms with van der Waals surface area (Å²) in [6.45, 7) is 0. The summed E-state index contributed by atoms with van der Waals surface area (Å²) in [4.78, 5) is 14.5. The molecule has 94 valence electrons. The number of aromatic nitrogens is 1. The molecule has 3 aromatic rings.